The molecule has 1 unspecified atom stereocenters. The van der Waals surface area contributed by atoms with Gasteiger partial charge in [-0.15, -0.1) is 6.58 Å². The van der Waals surface area contributed by atoms with Crippen molar-refractivity contribution in [1.82, 2.24) is 14.5 Å². The molecule has 1 heterocycles. The molecule has 0 spiro atoms. The van der Waals surface area contributed by atoms with Crippen molar-refractivity contribution in [3.8, 4) is 0 Å². The highest BCUT2D eigenvalue weighted by Gasteiger charge is 2.35. The van der Waals surface area contributed by atoms with Gasteiger partial charge in [0.2, 0.25) is 0 Å². The van der Waals surface area contributed by atoms with E-state index in [-0.39, 0.29) is 16.7 Å². The molecule has 198 valence electrons. The minimum absolute atomic E-state index is 0.0195. The molecule has 1 N–H and O–H groups in total. The maximum absolute atomic E-state index is 14.6. The molecule has 1 aromatic heterocycles. The average molecular weight is 582 g/mol. The van der Waals surface area contributed by atoms with Crippen molar-refractivity contribution in [1.29, 1.82) is 0 Å². The molecule has 37 heavy (non-hydrogen) atoms. The fourth-order valence-corrected chi connectivity index (χ4v) is 4.51. The number of allylic oxidation sites excluding steroid dienone is 1. The van der Waals surface area contributed by atoms with E-state index in [4.69, 9.17) is 0 Å². The zero-order chi connectivity index (χ0) is 27.3. The second-order valence-corrected chi connectivity index (χ2v) is 9.72. The van der Waals surface area contributed by atoms with E-state index >= 15 is 0 Å². The molecule has 3 aromatic rings. The Bertz CT molecular complexity index is 1380. The van der Waals surface area contributed by atoms with E-state index in [1.54, 1.807) is 0 Å². The number of alkyl halides is 3. The van der Waals surface area contributed by atoms with Crippen LogP contribution >= 0.6 is 15.9 Å². The van der Waals surface area contributed by atoms with Crippen molar-refractivity contribution in [2.45, 2.75) is 52.0 Å². The van der Waals surface area contributed by atoms with Crippen molar-refractivity contribution in [2.75, 3.05) is 6.54 Å². The van der Waals surface area contributed by atoms with E-state index in [0.29, 0.717) is 6.54 Å². The molecule has 2 aromatic carbocycles. The lowest BCUT2D eigenvalue weighted by Gasteiger charge is -2.22. The Morgan fingerprint density at radius 1 is 1.08 bits per heavy atom. The molecule has 0 bridgehead atoms. The lowest BCUT2D eigenvalue weighted by Crippen LogP contribution is -2.44. The van der Waals surface area contributed by atoms with Crippen LogP contribution in [0.4, 0.5) is 17.6 Å². The van der Waals surface area contributed by atoms with Gasteiger partial charge >= 0.3 is 11.9 Å². The topological polar surface area (TPSA) is 56.0 Å². The Morgan fingerprint density at radius 3 is 2.38 bits per heavy atom. The standard InChI is InChI=1S/C27H28BrF4N3O2/c1-17(2)9-8-14-33-23(19-10-5-4-6-11-19)16-35-25(36)24(28)18(3)34(26(35)37)15-20-21(27(30,31)32)12-7-13-22(20)29/h4-7,10-13,23,33H,1,8-9,14-16H2,2-3H3. The molecule has 0 amide bonds. The molecular formula is C27H28BrF4N3O2. The predicted molar refractivity (Wildman–Crippen MR) is 139 cm³/mol. The fraction of sp³-hybridized carbons (Fsp3) is 0.333. The number of nitrogens with one attached hydrogen (secondary N) is 1. The van der Waals surface area contributed by atoms with Crippen molar-refractivity contribution >= 4 is 15.9 Å². The molecule has 3 rings (SSSR count). The molecule has 0 radical (unpaired) electrons. The fourth-order valence-electron chi connectivity index (χ4n) is 4.08. The third-order valence-corrected chi connectivity index (χ3v) is 7.01. The zero-order valence-corrected chi connectivity index (χ0v) is 22.1. The Labute approximate surface area is 220 Å². The second-order valence-electron chi connectivity index (χ2n) is 8.93. The van der Waals surface area contributed by atoms with Crippen molar-refractivity contribution in [3.05, 3.63) is 114 Å². The van der Waals surface area contributed by atoms with Crippen LogP contribution in [0.15, 0.2) is 74.7 Å². The van der Waals surface area contributed by atoms with Crippen LogP contribution in [0.3, 0.4) is 0 Å². The van der Waals surface area contributed by atoms with Gasteiger partial charge in [-0.2, -0.15) is 13.2 Å². The van der Waals surface area contributed by atoms with Crippen LogP contribution in [0.5, 0.6) is 0 Å². The van der Waals surface area contributed by atoms with Gasteiger partial charge < -0.3 is 5.32 Å². The molecule has 0 saturated heterocycles. The van der Waals surface area contributed by atoms with Crippen LogP contribution in [-0.2, 0) is 19.3 Å². The van der Waals surface area contributed by atoms with Gasteiger partial charge in [-0.05, 0) is 66.9 Å². The van der Waals surface area contributed by atoms with Gasteiger partial charge in [0.15, 0.2) is 0 Å². The van der Waals surface area contributed by atoms with Gasteiger partial charge in [0.05, 0.1) is 24.7 Å². The molecule has 0 fully saturated rings. The van der Waals surface area contributed by atoms with E-state index in [9.17, 15) is 27.2 Å². The highest BCUT2D eigenvalue weighted by molar-refractivity contribution is 9.10. The van der Waals surface area contributed by atoms with Crippen LogP contribution < -0.4 is 16.6 Å². The first kappa shape index (κ1) is 28.6. The van der Waals surface area contributed by atoms with Crippen LogP contribution in [0.2, 0.25) is 0 Å². The van der Waals surface area contributed by atoms with Crippen LogP contribution in [0.25, 0.3) is 0 Å². The summed E-state index contributed by atoms with van der Waals surface area (Å²) in [5.74, 6) is -1.09. The Hall–Kier alpha value is -2.98. The molecule has 0 saturated carbocycles. The summed E-state index contributed by atoms with van der Waals surface area (Å²) in [5.41, 5.74) is -1.32. The minimum atomic E-state index is -4.81. The Morgan fingerprint density at radius 2 is 1.76 bits per heavy atom. The molecule has 10 heteroatoms. The lowest BCUT2D eigenvalue weighted by atomic mass is 10.1. The summed E-state index contributed by atoms with van der Waals surface area (Å²) in [6, 6.07) is 11.5. The van der Waals surface area contributed by atoms with Crippen molar-refractivity contribution < 1.29 is 17.6 Å². The summed E-state index contributed by atoms with van der Waals surface area (Å²) in [7, 11) is 0. The third-order valence-electron chi connectivity index (χ3n) is 6.10. The normalized spacial score (nSPS) is 12.5. The molecular weight excluding hydrogens is 554 g/mol. The van der Waals surface area contributed by atoms with Gasteiger partial charge in [-0.25, -0.2) is 9.18 Å². The number of benzene rings is 2. The quantitative estimate of drug-likeness (QED) is 0.182. The van der Waals surface area contributed by atoms with E-state index in [1.165, 1.54) is 6.92 Å². The van der Waals surface area contributed by atoms with Gasteiger partial charge in [-0.3, -0.25) is 13.9 Å². The SMILES string of the molecule is C=C(C)CCCNC(Cn1c(=O)c(Br)c(C)n(Cc2c(F)cccc2C(F)(F)F)c1=O)c1ccccc1. The van der Waals surface area contributed by atoms with Gasteiger partial charge in [0, 0.05) is 11.3 Å². The van der Waals surface area contributed by atoms with Gasteiger partial charge in [0.1, 0.15) is 10.3 Å². The van der Waals surface area contributed by atoms with Crippen molar-refractivity contribution in [3.63, 3.8) is 0 Å². The van der Waals surface area contributed by atoms with Crippen LogP contribution in [0, 0.1) is 12.7 Å². The molecule has 1 atom stereocenters. The number of rotatable bonds is 10. The van der Waals surface area contributed by atoms with Crippen LogP contribution in [0.1, 0.15) is 48.2 Å². The number of nitrogens with zero attached hydrogens (tertiary/aromatic N) is 2. The Balaban J connectivity index is 2.06. The van der Waals surface area contributed by atoms with E-state index in [1.807, 2.05) is 37.3 Å². The zero-order valence-electron chi connectivity index (χ0n) is 20.5. The largest absolute Gasteiger partial charge is 0.416 e. The molecule has 5 nitrogen and oxygen atoms in total. The lowest BCUT2D eigenvalue weighted by molar-refractivity contribution is -0.138. The highest BCUT2D eigenvalue weighted by atomic mass is 79.9. The van der Waals surface area contributed by atoms with Gasteiger partial charge in [0.25, 0.3) is 5.56 Å². The van der Waals surface area contributed by atoms with Crippen molar-refractivity contribution in [2.24, 2.45) is 0 Å². The monoisotopic (exact) mass is 581 g/mol. The first-order valence-corrected chi connectivity index (χ1v) is 12.5. The summed E-state index contributed by atoms with van der Waals surface area (Å²) in [6.45, 7) is 7.08. The molecule has 0 aliphatic heterocycles. The summed E-state index contributed by atoms with van der Waals surface area (Å²) < 4.78 is 57.3. The third kappa shape index (κ3) is 6.87. The average Bonchev–Trinajstić information content (AvgIpc) is 2.85. The number of halogens is 5. The minimum Gasteiger partial charge on any atom is -0.308 e. The first-order valence-electron chi connectivity index (χ1n) is 11.7. The maximum Gasteiger partial charge on any atom is 0.416 e. The highest BCUT2D eigenvalue weighted by Crippen LogP contribution is 2.33. The predicted octanol–water partition coefficient (Wildman–Crippen LogP) is 5.97. The second kappa shape index (κ2) is 12.0. The number of hydrogen-bond acceptors (Lipinski definition) is 3. The van der Waals surface area contributed by atoms with E-state index in [2.05, 4.69) is 27.8 Å². The van der Waals surface area contributed by atoms with E-state index in [0.717, 1.165) is 51.3 Å². The number of aromatic nitrogens is 2. The summed E-state index contributed by atoms with van der Waals surface area (Å²) in [5, 5.41) is 3.36. The maximum atomic E-state index is 14.6. The van der Waals surface area contributed by atoms with E-state index < -0.39 is 47.0 Å². The summed E-state index contributed by atoms with van der Waals surface area (Å²) in [4.78, 5) is 26.6. The summed E-state index contributed by atoms with van der Waals surface area (Å²) >= 11 is 3.19. The Kier molecular flexibility index (Phi) is 9.31. The first-order chi connectivity index (χ1) is 17.4. The summed E-state index contributed by atoms with van der Waals surface area (Å²) in [6.07, 6.45) is -3.21. The number of hydrogen-bond donors (Lipinski definition) is 1. The molecule has 0 aliphatic carbocycles. The van der Waals surface area contributed by atoms with Crippen LogP contribution in [-0.4, -0.2) is 15.7 Å². The molecule has 0 aliphatic rings. The smallest absolute Gasteiger partial charge is 0.308 e. The van der Waals surface area contributed by atoms with Gasteiger partial charge in [-0.1, -0.05) is 42.0 Å².